The van der Waals surface area contributed by atoms with Crippen molar-refractivity contribution in [2.75, 3.05) is 0 Å². The van der Waals surface area contributed by atoms with Crippen molar-refractivity contribution >= 4 is 23.0 Å². The van der Waals surface area contributed by atoms with Crippen molar-refractivity contribution in [2.45, 2.75) is 13.8 Å². The number of fused-ring (bicyclic) bond motifs is 1. The first-order chi connectivity index (χ1) is 8.91. The molecule has 2 heterocycles. The van der Waals surface area contributed by atoms with Crippen molar-refractivity contribution in [1.82, 2.24) is 14.6 Å². The SMILES string of the molecule is CC(=O)C(=C(C)N)c1ccc2ncc(C(=O)O)n2n1. The maximum Gasteiger partial charge on any atom is 0.356 e. The third kappa shape index (κ3) is 2.17. The van der Waals surface area contributed by atoms with E-state index in [1.54, 1.807) is 19.1 Å². The molecule has 7 nitrogen and oxygen atoms in total. The van der Waals surface area contributed by atoms with Gasteiger partial charge in [0.15, 0.2) is 17.1 Å². The highest BCUT2D eigenvalue weighted by atomic mass is 16.4. The zero-order valence-electron chi connectivity index (χ0n) is 10.4. The van der Waals surface area contributed by atoms with Gasteiger partial charge in [-0.15, -0.1) is 0 Å². The number of carbonyl (C=O) groups is 2. The van der Waals surface area contributed by atoms with Gasteiger partial charge in [-0.25, -0.2) is 14.3 Å². The number of hydrogen-bond donors (Lipinski definition) is 2. The maximum absolute atomic E-state index is 11.6. The summed E-state index contributed by atoms with van der Waals surface area (Å²) in [5, 5.41) is 13.1. The number of nitrogens with two attached hydrogens (primary N) is 1. The van der Waals surface area contributed by atoms with Crippen molar-refractivity contribution in [3.63, 3.8) is 0 Å². The van der Waals surface area contributed by atoms with Gasteiger partial charge in [0.05, 0.1) is 17.5 Å². The Morgan fingerprint density at radius 2 is 2.00 bits per heavy atom. The predicted molar refractivity (Wildman–Crippen MR) is 67.4 cm³/mol. The van der Waals surface area contributed by atoms with Crippen LogP contribution in [0.1, 0.15) is 30.0 Å². The predicted octanol–water partition coefficient (Wildman–Crippen LogP) is 0.706. The molecule has 0 aromatic carbocycles. The van der Waals surface area contributed by atoms with Crippen LogP contribution < -0.4 is 5.73 Å². The van der Waals surface area contributed by atoms with Gasteiger partial charge in [0, 0.05) is 5.70 Å². The number of aromatic nitrogens is 3. The number of carboxylic acid groups (broad SMARTS) is 1. The van der Waals surface area contributed by atoms with Crippen LogP contribution in [-0.2, 0) is 4.79 Å². The van der Waals surface area contributed by atoms with Crippen molar-refractivity contribution in [3.05, 3.63) is 35.4 Å². The Hall–Kier alpha value is -2.70. The van der Waals surface area contributed by atoms with Gasteiger partial charge in [0.2, 0.25) is 0 Å². The fraction of sp³-hybridized carbons (Fsp3) is 0.167. The number of hydrogen-bond acceptors (Lipinski definition) is 5. The lowest BCUT2D eigenvalue weighted by molar-refractivity contribution is -0.111. The van der Waals surface area contributed by atoms with Gasteiger partial charge in [0.25, 0.3) is 0 Å². The summed E-state index contributed by atoms with van der Waals surface area (Å²) in [5.74, 6) is -1.38. The molecule has 0 saturated heterocycles. The Balaban J connectivity index is 2.70. The van der Waals surface area contributed by atoms with Crippen LogP contribution in [0.25, 0.3) is 11.2 Å². The minimum Gasteiger partial charge on any atom is -0.476 e. The molecular formula is C12H12N4O3. The van der Waals surface area contributed by atoms with Crippen LogP contribution in [0, 0.1) is 0 Å². The molecular weight excluding hydrogens is 248 g/mol. The molecule has 2 rings (SSSR count). The molecule has 2 aromatic heterocycles. The van der Waals surface area contributed by atoms with Crippen LogP contribution in [0.15, 0.2) is 24.0 Å². The zero-order chi connectivity index (χ0) is 14.2. The molecule has 0 spiro atoms. The standard InChI is InChI=1S/C12H12N4O3/c1-6(13)11(7(2)17)8-3-4-10-14-5-9(12(18)19)16(10)15-8/h3-5H,13H2,1-2H3,(H,18,19). The number of carbonyl (C=O) groups excluding carboxylic acids is 1. The van der Waals surface area contributed by atoms with Gasteiger partial charge in [-0.05, 0) is 26.0 Å². The van der Waals surface area contributed by atoms with Gasteiger partial charge in [-0.2, -0.15) is 5.10 Å². The number of nitrogens with zero attached hydrogens (tertiary/aromatic N) is 3. The number of ketones is 1. The summed E-state index contributed by atoms with van der Waals surface area (Å²) < 4.78 is 1.17. The van der Waals surface area contributed by atoms with Crippen LogP contribution in [0.5, 0.6) is 0 Å². The topological polar surface area (TPSA) is 111 Å². The first kappa shape index (κ1) is 12.7. The van der Waals surface area contributed by atoms with E-state index in [-0.39, 0.29) is 17.1 Å². The largest absolute Gasteiger partial charge is 0.476 e. The second-order valence-corrected chi connectivity index (χ2v) is 4.05. The molecule has 0 unspecified atom stereocenters. The van der Waals surface area contributed by atoms with Crippen molar-refractivity contribution in [2.24, 2.45) is 5.73 Å². The minimum atomic E-state index is -1.14. The highest BCUT2D eigenvalue weighted by molar-refractivity contribution is 6.19. The van der Waals surface area contributed by atoms with E-state index in [1.807, 2.05) is 0 Å². The second kappa shape index (κ2) is 4.52. The van der Waals surface area contributed by atoms with Gasteiger partial charge in [0.1, 0.15) is 0 Å². The molecule has 0 aliphatic heterocycles. The average Bonchev–Trinajstić information content (AvgIpc) is 2.70. The Labute approximate surface area is 108 Å². The molecule has 0 fully saturated rings. The number of allylic oxidation sites excluding steroid dienone is 2. The molecule has 0 saturated carbocycles. The van der Waals surface area contributed by atoms with E-state index in [0.717, 1.165) is 0 Å². The summed E-state index contributed by atoms with van der Waals surface area (Å²) in [6, 6.07) is 3.17. The monoisotopic (exact) mass is 260 g/mol. The Morgan fingerprint density at radius 1 is 1.32 bits per heavy atom. The summed E-state index contributed by atoms with van der Waals surface area (Å²) in [6.07, 6.45) is 1.21. The van der Waals surface area contributed by atoms with Gasteiger partial charge in [-0.3, -0.25) is 4.79 Å². The molecule has 0 aliphatic rings. The van der Waals surface area contributed by atoms with E-state index in [0.29, 0.717) is 17.0 Å². The molecule has 0 atom stereocenters. The van der Waals surface area contributed by atoms with Gasteiger partial charge >= 0.3 is 5.97 Å². The van der Waals surface area contributed by atoms with E-state index in [1.165, 1.54) is 17.6 Å². The normalized spacial score (nSPS) is 12.3. The molecule has 7 heteroatoms. The number of Topliss-reactive ketones (excluding diaryl/α,β-unsaturated/α-hetero) is 1. The summed E-state index contributed by atoms with van der Waals surface area (Å²) >= 11 is 0. The molecule has 0 aliphatic carbocycles. The molecule has 0 bridgehead atoms. The third-order valence-electron chi connectivity index (χ3n) is 2.58. The highest BCUT2D eigenvalue weighted by Crippen LogP contribution is 2.16. The first-order valence-electron chi connectivity index (χ1n) is 5.47. The van der Waals surface area contributed by atoms with Crippen molar-refractivity contribution < 1.29 is 14.7 Å². The third-order valence-corrected chi connectivity index (χ3v) is 2.58. The highest BCUT2D eigenvalue weighted by Gasteiger charge is 2.16. The van der Waals surface area contributed by atoms with E-state index >= 15 is 0 Å². The van der Waals surface area contributed by atoms with Crippen LogP contribution >= 0.6 is 0 Å². The zero-order valence-corrected chi connectivity index (χ0v) is 10.4. The fourth-order valence-corrected chi connectivity index (χ4v) is 1.81. The van der Waals surface area contributed by atoms with Crippen molar-refractivity contribution in [1.29, 1.82) is 0 Å². The van der Waals surface area contributed by atoms with Crippen LogP contribution in [0.4, 0.5) is 0 Å². The maximum atomic E-state index is 11.6. The van der Waals surface area contributed by atoms with Crippen LogP contribution in [0.2, 0.25) is 0 Å². The summed E-state index contributed by atoms with van der Waals surface area (Å²) in [6.45, 7) is 2.97. The average molecular weight is 260 g/mol. The summed E-state index contributed by atoms with van der Waals surface area (Å²) in [7, 11) is 0. The first-order valence-corrected chi connectivity index (χ1v) is 5.47. The molecule has 3 N–H and O–H groups in total. The smallest absolute Gasteiger partial charge is 0.356 e. The van der Waals surface area contributed by atoms with E-state index in [4.69, 9.17) is 10.8 Å². The number of carboxylic acids is 1. The van der Waals surface area contributed by atoms with E-state index in [9.17, 15) is 9.59 Å². The summed E-state index contributed by atoms with van der Waals surface area (Å²) in [4.78, 5) is 26.5. The number of imidazole rings is 1. The summed E-state index contributed by atoms with van der Waals surface area (Å²) in [5.41, 5.74) is 6.90. The Kier molecular flexibility index (Phi) is 3.04. The quantitative estimate of drug-likeness (QED) is 0.786. The number of rotatable bonds is 3. The minimum absolute atomic E-state index is 0.0746. The molecule has 98 valence electrons. The lowest BCUT2D eigenvalue weighted by Gasteiger charge is -2.06. The van der Waals surface area contributed by atoms with Gasteiger partial charge in [-0.1, -0.05) is 0 Å². The second-order valence-electron chi connectivity index (χ2n) is 4.05. The van der Waals surface area contributed by atoms with Crippen LogP contribution in [-0.4, -0.2) is 31.5 Å². The van der Waals surface area contributed by atoms with E-state index < -0.39 is 5.97 Å². The van der Waals surface area contributed by atoms with E-state index in [2.05, 4.69) is 10.1 Å². The Morgan fingerprint density at radius 3 is 2.53 bits per heavy atom. The van der Waals surface area contributed by atoms with Crippen molar-refractivity contribution in [3.8, 4) is 0 Å². The van der Waals surface area contributed by atoms with Gasteiger partial charge < -0.3 is 10.8 Å². The molecule has 0 radical (unpaired) electrons. The van der Waals surface area contributed by atoms with Crippen LogP contribution in [0.3, 0.4) is 0 Å². The molecule has 19 heavy (non-hydrogen) atoms. The fourth-order valence-electron chi connectivity index (χ4n) is 1.81. The molecule has 0 amide bonds. The lowest BCUT2D eigenvalue weighted by atomic mass is 10.1. The molecule has 2 aromatic rings. The Bertz CT molecular complexity index is 711. The number of aromatic carboxylic acids is 1. The lowest BCUT2D eigenvalue weighted by Crippen LogP contribution is -2.10.